The minimum Gasteiger partial charge on any atom is -0.207 e. The molecule has 0 aliphatic rings. The Kier molecular flexibility index (Phi) is 4.01. The lowest BCUT2D eigenvalue weighted by molar-refractivity contribution is 0.515. The van der Waals surface area contributed by atoms with Crippen LogP contribution in [-0.4, -0.2) is 15.0 Å². The van der Waals surface area contributed by atoms with Gasteiger partial charge in [0.15, 0.2) is 4.90 Å². The Balaban J connectivity index is 3.12. The molecular formula is C9H8ClF2NO2S. The summed E-state index contributed by atoms with van der Waals surface area (Å²) in [6, 6.07) is 2.78. The molecule has 0 atom stereocenters. The molecule has 0 saturated heterocycles. The van der Waals surface area contributed by atoms with Crippen molar-refractivity contribution < 1.29 is 17.2 Å². The lowest BCUT2D eigenvalue weighted by atomic mass is 10.3. The Labute approximate surface area is 96.8 Å². The van der Waals surface area contributed by atoms with Gasteiger partial charge in [0, 0.05) is 11.6 Å². The molecule has 3 nitrogen and oxygen atoms in total. The SMILES string of the molecule is C=C(Cl)CNS(=O)(=O)c1c(F)cccc1F. The molecule has 0 aliphatic heterocycles. The molecule has 0 heterocycles. The summed E-state index contributed by atoms with van der Waals surface area (Å²) >= 11 is 5.34. The Bertz CT molecular complexity index is 496. The first-order valence-electron chi connectivity index (χ1n) is 4.11. The largest absolute Gasteiger partial charge is 0.246 e. The number of hydrogen-bond acceptors (Lipinski definition) is 2. The zero-order valence-electron chi connectivity index (χ0n) is 8.00. The highest BCUT2D eigenvalue weighted by atomic mass is 35.5. The van der Waals surface area contributed by atoms with Gasteiger partial charge in [-0.3, -0.25) is 0 Å². The van der Waals surface area contributed by atoms with Gasteiger partial charge in [0.1, 0.15) is 11.6 Å². The van der Waals surface area contributed by atoms with E-state index >= 15 is 0 Å². The maximum absolute atomic E-state index is 13.2. The van der Waals surface area contributed by atoms with Gasteiger partial charge in [0.2, 0.25) is 10.0 Å². The number of benzene rings is 1. The van der Waals surface area contributed by atoms with E-state index in [4.69, 9.17) is 11.6 Å². The minimum absolute atomic E-state index is 0.0142. The van der Waals surface area contributed by atoms with Gasteiger partial charge >= 0.3 is 0 Å². The third-order valence-corrected chi connectivity index (χ3v) is 3.23. The monoisotopic (exact) mass is 267 g/mol. The van der Waals surface area contributed by atoms with Crippen molar-refractivity contribution in [1.29, 1.82) is 0 Å². The quantitative estimate of drug-likeness (QED) is 0.907. The van der Waals surface area contributed by atoms with Crippen LogP contribution in [0.1, 0.15) is 0 Å². The first kappa shape index (κ1) is 13.1. The second kappa shape index (κ2) is 4.90. The maximum atomic E-state index is 13.2. The van der Waals surface area contributed by atoms with Crippen LogP contribution in [0.4, 0.5) is 8.78 Å². The van der Waals surface area contributed by atoms with Crippen molar-refractivity contribution in [3.8, 4) is 0 Å². The topological polar surface area (TPSA) is 46.2 Å². The van der Waals surface area contributed by atoms with Crippen LogP contribution in [0.5, 0.6) is 0 Å². The van der Waals surface area contributed by atoms with Crippen molar-refractivity contribution in [3.05, 3.63) is 41.4 Å². The van der Waals surface area contributed by atoms with Crippen LogP contribution in [0.2, 0.25) is 0 Å². The van der Waals surface area contributed by atoms with Crippen LogP contribution in [0, 0.1) is 11.6 Å². The first-order chi connectivity index (χ1) is 7.34. The predicted molar refractivity (Wildman–Crippen MR) is 56.5 cm³/mol. The molecule has 0 aromatic heterocycles. The van der Waals surface area contributed by atoms with Crippen LogP contribution in [0.25, 0.3) is 0 Å². The van der Waals surface area contributed by atoms with E-state index in [1.165, 1.54) is 0 Å². The van der Waals surface area contributed by atoms with Crippen LogP contribution in [0.15, 0.2) is 34.7 Å². The summed E-state index contributed by atoms with van der Waals surface area (Å²) in [5.41, 5.74) is 0. The minimum atomic E-state index is -4.26. The molecule has 1 N–H and O–H groups in total. The smallest absolute Gasteiger partial charge is 0.207 e. The van der Waals surface area contributed by atoms with Gasteiger partial charge in [0.05, 0.1) is 0 Å². The number of rotatable bonds is 4. The second-order valence-corrected chi connectivity index (χ2v) is 5.13. The van der Waals surface area contributed by atoms with Crippen LogP contribution in [0.3, 0.4) is 0 Å². The fourth-order valence-corrected chi connectivity index (χ4v) is 2.29. The van der Waals surface area contributed by atoms with Crippen molar-refractivity contribution in [2.45, 2.75) is 4.90 Å². The molecule has 0 radical (unpaired) electrons. The summed E-state index contributed by atoms with van der Waals surface area (Å²) in [4.78, 5) is -1.02. The van der Waals surface area contributed by atoms with Crippen molar-refractivity contribution >= 4 is 21.6 Å². The Morgan fingerprint density at radius 3 is 2.31 bits per heavy atom. The first-order valence-corrected chi connectivity index (χ1v) is 5.97. The Morgan fingerprint density at radius 1 is 1.38 bits per heavy atom. The lowest BCUT2D eigenvalue weighted by Crippen LogP contribution is -2.26. The third kappa shape index (κ3) is 3.01. The second-order valence-electron chi connectivity index (χ2n) is 2.89. The van der Waals surface area contributed by atoms with Crippen molar-refractivity contribution in [2.24, 2.45) is 0 Å². The van der Waals surface area contributed by atoms with E-state index in [0.717, 1.165) is 18.2 Å². The fourth-order valence-electron chi connectivity index (χ4n) is 0.985. The van der Waals surface area contributed by atoms with Gasteiger partial charge in [-0.1, -0.05) is 24.2 Å². The van der Waals surface area contributed by atoms with E-state index in [0.29, 0.717) is 0 Å². The average Bonchev–Trinajstić information content (AvgIpc) is 2.14. The molecule has 0 spiro atoms. The fraction of sp³-hybridized carbons (Fsp3) is 0.111. The van der Waals surface area contributed by atoms with Gasteiger partial charge in [-0.05, 0) is 12.1 Å². The standard InChI is InChI=1S/C9H8ClF2NO2S/c1-6(10)5-13-16(14,15)9-7(11)3-2-4-8(9)12/h2-4,13H,1,5H2. The average molecular weight is 268 g/mol. The molecule has 7 heteroatoms. The van der Waals surface area contributed by atoms with Crippen LogP contribution < -0.4 is 4.72 Å². The van der Waals surface area contributed by atoms with E-state index < -0.39 is 26.6 Å². The van der Waals surface area contributed by atoms with Crippen LogP contribution >= 0.6 is 11.6 Å². The van der Waals surface area contributed by atoms with Crippen molar-refractivity contribution in [1.82, 2.24) is 4.72 Å². The van der Waals surface area contributed by atoms with E-state index in [-0.39, 0.29) is 11.6 Å². The van der Waals surface area contributed by atoms with E-state index in [1.54, 1.807) is 0 Å². The molecule has 0 fully saturated rings. The summed E-state index contributed by atoms with van der Waals surface area (Å²) < 4.78 is 51.2. The van der Waals surface area contributed by atoms with Gasteiger partial charge in [-0.25, -0.2) is 21.9 Å². The van der Waals surface area contributed by atoms with Crippen LogP contribution in [-0.2, 0) is 10.0 Å². The zero-order valence-corrected chi connectivity index (χ0v) is 9.58. The summed E-state index contributed by atoms with van der Waals surface area (Å²) in [5.74, 6) is -2.32. The molecule has 1 rings (SSSR count). The highest BCUT2D eigenvalue weighted by Crippen LogP contribution is 2.17. The van der Waals surface area contributed by atoms with E-state index in [1.807, 2.05) is 4.72 Å². The highest BCUT2D eigenvalue weighted by Gasteiger charge is 2.23. The van der Waals surface area contributed by atoms with Crippen molar-refractivity contribution in [2.75, 3.05) is 6.54 Å². The van der Waals surface area contributed by atoms with Gasteiger partial charge < -0.3 is 0 Å². The number of halogens is 3. The molecule has 0 amide bonds. The predicted octanol–water partition coefficient (Wildman–Crippen LogP) is 2.00. The normalized spacial score (nSPS) is 11.4. The molecule has 1 aromatic carbocycles. The third-order valence-electron chi connectivity index (χ3n) is 1.64. The number of nitrogens with one attached hydrogen (secondary N) is 1. The van der Waals surface area contributed by atoms with E-state index in [2.05, 4.69) is 6.58 Å². The number of sulfonamides is 1. The van der Waals surface area contributed by atoms with Gasteiger partial charge in [0.25, 0.3) is 0 Å². The molecule has 0 unspecified atom stereocenters. The summed E-state index contributed by atoms with van der Waals surface area (Å²) in [5, 5.41) is 0.0142. The molecule has 88 valence electrons. The zero-order chi connectivity index (χ0) is 12.3. The van der Waals surface area contributed by atoms with Gasteiger partial charge in [-0.2, -0.15) is 0 Å². The number of hydrogen-bond donors (Lipinski definition) is 1. The summed E-state index contributed by atoms with van der Waals surface area (Å²) in [6.45, 7) is 2.95. The summed E-state index contributed by atoms with van der Waals surface area (Å²) in [6.07, 6.45) is 0. The Morgan fingerprint density at radius 2 is 1.88 bits per heavy atom. The molecule has 16 heavy (non-hydrogen) atoms. The molecular weight excluding hydrogens is 260 g/mol. The molecule has 0 aliphatic carbocycles. The van der Waals surface area contributed by atoms with Gasteiger partial charge in [-0.15, -0.1) is 0 Å². The van der Waals surface area contributed by atoms with E-state index in [9.17, 15) is 17.2 Å². The summed E-state index contributed by atoms with van der Waals surface area (Å²) in [7, 11) is -4.26. The molecule has 0 bridgehead atoms. The Hall–Kier alpha value is -0.980. The molecule has 1 aromatic rings. The molecule has 0 saturated carbocycles. The highest BCUT2D eigenvalue weighted by molar-refractivity contribution is 7.89. The maximum Gasteiger partial charge on any atom is 0.246 e. The van der Waals surface area contributed by atoms with Crippen molar-refractivity contribution in [3.63, 3.8) is 0 Å². The lowest BCUT2D eigenvalue weighted by Gasteiger charge is -2.07.